The molecule has 1 aliphatic heterocycles. The van der Waals surface area contributed by atoms with Crippen LogP contribution in [-0.2, 0) is 9.47 Å². The van der Waals surface area contributed by atoms with E-state index in [1.807, 2.05) is 6.08 Å². The van der Waals surface area contributed by atoms with Gasteiger partial charge in [0.25, 0.3) is 0 Å². The molecule has 2 fully saturated rings. The average Bonchev–Trinajstić information content (AvgIpc) is 3.10. The molecule has 0 aromatic carbocycles. The van der Waals surface area contributed by atoms with Crippen LogP contribution in [0.5, 0.6) is 0 Å². The second-order valence-electron chi connectivity index (χ2n) is 7.55. The monoisotopic (exact) mass is 316 g/mol. The van der Waals surface area contributed by atoms with Gasteiger partial charge < -0.3 is 9.47 Å². The summed E-state index contributed by atoms with van der Waals surface area (Å²) in [6, 6.07) is 0. The van der Waals surface area contributed by atoms with Gasteiger partial charge in [0, 0.05) is 17.8 Å². The lowest BCUT2D eigenvalue weighted by atomic mass is 9.68. The molecule has 2 heteroatoms. The van der Waals surface area contributed by atoms with Crippen LogP contribution in [0.15, 0.2) is 24.3 Å². The van der Waals surface area contributed by atoms with Gasteiger partial charge in [-0.05, 0) is 51.9 Å². The van der Waals surface area contributed by atoms with Crippen molar-refractivity contribution in [3.63, 3.8) is 0 Å². The van der Waals surface area contributed by atoms with Gasteiger partial charge in [-0.3, -0.25) is 0 Å². The highest BCUT2D eigenvalue weighted by Gasteiger charge is 2.60. The van der Waals surface area contributed by atoms with Crippen LogP contribution in [0.3, 0.4) is 0 Å². The summed E-state index contributed by atoms with van der Waals surface area (Å²) < 4.78 is 12.3. The summed E-state index contributed by atoms with van der Waals surface area (Å²) in [6.45, 7) is 11.9. The molecule has 1 saturated heterocycles. The van der Waals surface area contributed by atoms with Crippen LogP contribution >= 0.6 is 0 Å². The van der Waals surface area contributed by atoms with Gasteiger partial charge in [0.15, 0.2) is 5.79 Å². The molecule has 2 nitrogen and oxygen atoms in total. The topological polar surface area (TPSA) is 18.5 Å². The summed E-state index contributed by atoms with van der Waals surface area (Å²) in [5, 5.41) is 0. The first-order valence-electron chi connectivity index (χ1n) is 8.96. The van der Waals surface area contributed by atoms with Gasteiger partial charge >= 0.3 is 0 Å². The Hall–Kier alpha value is -1.04. The summed E-state index contributed by atoms with van der Waals surface area (Å²) in [6.07, 6.45) is 16.3. The van der Waals surface area contributed by atoms with Crippen molar-refractivity contribution in [2.75, 3.05) is 13.2 Å². The van der Waals surface area contributed by atoms with Gasteiger partial charge in [-0.15, -0.1) is 18.9 Å². The molecule has 0 N–H and O–H groups in total. The normalized spacial score (nSPS) is 30.1. The van der Waals surface area contributed by atoms with Gasteiger partial charge in [0.1, 0.15) is 0 Å². The Balaban J connectivity index is 2.22. The van der Waals surface area contributed by atoms with Gasteiger partial charge in [-0.25, -0.2) is 0 Å². The first-order valence-corrected chi connectivity index (χ1v) is 8.96. The lowest BCUT2D eigenvalue weighted by Crippen LogP contribution is -2.47. The Kier molecular flexibility index (Phi) is 6.12. The van der Waals surface area contributed by atoms with Gasteiger partial charge in [0.05, 0.1) is 13.2 Å². The molecule has 0 aromatic rings. The maximum atomic E-state index is 6.17. The molecular formula is C21H32O2. The van der Waals surface area contributed by atoms with E-state index in [1.165, 1.54) is 5.57 Å². The zero-order valence-electron chi connectivity index (χ0n) is 15.1. The molecule has 1 heterocycles. The number of rotatable bonds is 7. The first-order chi connectivity index (χ1) is 11.0. The minimum absolute atomic E-state index is 0.0202. The molecule has 0 amide bonds. The molecule has 128 valence electrons. The zero-order valence-corrected chi connectivity index (χ0v) is 15.1. The first kappa shape index (κ1) is 18.3. The largest absolute Gasteiger partial charge is 0.347 e. The third-order valence-electron chi connectivity index (χ3n) is 5.78. The minimum Gasteiger partial charge on any atom is -0.347 e. The SMILES string of the molecule is C#CC(CCC=C)C[C@]1(C)[C@@H](CC=C(C)C)CCC12OCCO2. The summed E-state index contributed by atoms with van der Waals surface area (Å²) in [5.41, 5.74) is 1.36. The number of allylic oxidation sites excluding steroid dienone is 3. The van der Waals surface area contributed by atoms with E-state index >= 15 is 0 Å². The second-order valence-corrected chi connectivity index (χ2v) is 7.55. The van der Waals surface area contributed by atoms with Crippen LogP contribution in [0.2, 0.25) is 0 Å². The van der Waals surface area contributed by atoms with Crippen molar-refractivity contribution in [2.24, 2.45) is 17.3 Å². The van der Waals surface area contributed by atoms with Gasteiger partial charge in [-0.1, -0.05) is 24.6 Å². The lowest BCUT2D eigenvalue weighted by Gasteiger charge is -2.44. The van der Waals surface area contributed by atoms with E-state index in [0.717, 1.165) is 38.5 Å². The number of ether oxygens (including phenoxy) is 2. The molecule has 0 bridgehead atoms. The van der Waals surface area contributed by atoms with E-state index in [-0.39, 0.29) is 11.3 Å². The lowest BCUT2D eigenvalue weighted by molar-refractivity contribution is -0.228. The Morgan fingerprint density at radius 2 is 2.09 bits per heavy atom. The molecule has 2 rings (SSSR count). The van der Waals surface area contributed by atoms with E-state index in [1.54, 1.807) is 0 Å². The van der Waals surface area contributed by atoms with Crippen molar-refractivity contribution in [3.05, 3.63) is 24.3 Å². The predicted octanol–water partition coefficient (Wildman–Crippen LogP) is 5.11. The standard InChI is InChI=1S/C21H32O2/c1-6-8-9-18(7-2)16-20(5)19(11-10-17(3)4)12-13-21(20)22-14-15-23-21/h2,6,10,18-19H,1,8-9,11-16H2,3-5H3/t18?,19-,20+/m0/s1. The van der Waals surface area contributed by atoms with Crippen molar-refractivity contribution in [2.45, 2.75) is 65.1 Å². The average molecular weight is 316 g/mol. The number of hydrogen-bond acceptors (Lipinski definition) is 2. The fraction of sp³-hybridized carbons (Fsp3) is 0.714. The minimum atomic E-state index is -0.420. The molecule has 0 aromatic heterocycles. The molecule has 1 saturated carbocycles. The fourth-order valence-electron chi connectivity index (χ4n) is 4.36. The van der Waals surface area contributed by atoms with E-state index in [9.17, 15) is 0 Å². The summed E-state index contributed by atoms with van der Waals surface area (Å²) in [5.74, 6) is 3.41. The third-order valence-corrected chi connectivity index (χ3v) is 5.78. The highest BCUT2D eigenvalue weighted by Crippen LogP contribution is 2.59. The Morgan fingerprint density at radius 1 is 1.39 bits per heavy atom. The van der Waals surface area contributed by atoms with Crippen LogP contribution in [-0.4, -0.2) is 19.0 Å². The molecule has 2 aliphatic rings. The third kappa shape index (κ3) is 3.73. The Morgan fingerprint density at radius 3 is 2.65 bits per heavy atom. The van der Waals surface area contributed by atoms with Crippen molar-refractivity contribution in [1.29, 1.82) is 0 Å². The quantitative estimate of drug-likeness (QED) is 0.480. The number of terminal acetylenes is 1. The molecule has 23 heavy (non-hydrogen) atoms. The van der Waals surface area contributed by atoms with Crippen molar-refractivity contribution < 1.29 is 9.47 Å². The molecular weight excluding hydrogens is 284 g/mol. The Labute approximate surface area is 142 Å². The van der Waals surface area contributed by atoms with Gasteiger partial charge in [-0.2, -0.15) is 0 Å². The van der Waals surface area contributed by atoms with E-state index < -0.39 is 5.79 Å². The van der Waals surface area contributed by atoms with Crippen LogP contribution < -0.4 is 0 Å². The zero-order chi connectivity index (χ0) is 16.9. The van der Waals surface area contributed by atoms with E-state index in [4.69, 9.17) is 15.9 Å². The molecule has 1 aliphatic carbocycles. The maximum Gasteiger partial charge on any atom is 0.174 e. The van der Waals surface area contributed by atoms with Crippen LogP contribution in [0.1, 0.15) is 59.3 Å². The van der Waals surface area contributed by atoms with E-state index in [0.29, 0.717) is 19.1 Å². The van der Waals surface area contributed by atoms with Crippen molar-refractivity contribution in [3.8, 4) is 12.3 Å². The summed E-state index contributed by atoms with van der Waals surface area (Å²) in [7, 11) is 0. The Bertz CT molecular complexity index is 475. The van der Waals surface area contributed by atoms with Crippen molar-refractivity contribution >= 4 is 0 Å². The molecule has 0 radical (unpaired) electrons. The number of hydrogen-bond donors (Lipinski definition) is 0. The molecule has 1 unspecified atom stereocenters. The van der Waals surface area contributed by atoms with Crippen LogP contribution in [0.25, 0.3) is 0 Å². The summed E-state index contributed by atoms with van der Waals surface area (Å²) >= 11 is 0. The molecule has 3 atom stereocenters. The predicted molar refractivity (Wildman–Crippen MR) is 95.9 cm³/mol. The molecule has 1 spiro atoms. The maximum absolute atomic E-state index is 6.17. The second kappa shape index (κ2) is 7.69. The van der Waals surface area contributed by atoms with E-state index in [2.05, 4.69) is 39.3 Å². The highest BCUT2D eigenvalue weighted by molar-refractivity contribution is 5.09. The van der Waals surface area contributed by atoms with Gasteiger partial charge in [0.2, 0.25) is 0 Å². The smallest absolute Gasteiger partial charge is 0.174 e. The summed E-state index contributed by atoms with van der Waals surface area (Å²) in [4.78, 5) is 0. The van der Waals surface area contributed by atoms with Crippen molar-refractivity contribution in [1.82, 2.24) is 0 Å². The van der Waals surface area contributed by atoms with Crippen LogP contribution in [0.4, 0.5) is 0 Å². The highest BCUT2D eigenvalue weighted by atomic mass is 16.7. The fourth-order valence-corrected chi connectivity index (χ4v) is 4.36. The van der Waals surface area contributed by atoms with Crippen LogP contribution in [0, 0.1) is 29.6 Å².